The van der Waals surface area contributed by atoms with Crippen molar-refractivity contribution in [1.82, 2.24) is 29.9 Å². The Bertz CT molecular complexity index is 8120. The second kappa shape index (κ2) is 38.5. The normalized spacial score (nSPS) is 11.3. The fourth-order valence-electron chi connectivity index (χ4n) is 16.3. The highest BCUT2D eigenvalue weighted by molar-refractivity contribution is 7.43. The van der Waals surface area contributed by atoms with Crippen LogP contribution in [0.25, 0.3) is 163 Å². The Morgan fingerprint density at radius 1 is 0.286 bits per heavy atom. The molecule has 8 aromatic heterocycles. The van der Waals surface area contributed by atoms with E-state index < -0.39 is 85.9 Å². The molecule has 9 nitrogen and oxygen atoms in total. The number of aryl methyl sites for hydroxylation is 7. The van der Waals surface area contributed by atoms with Crippen LogP contribution in [0.3, 0.4) is 0 Å². The Morgan fingerprint density at radius 3 is 1.02 bits per heavy atom. The molecule has 0 aliphatic heterocycles. The number of methoxy groups -OCH3 is 1. The fraction of sp³-hybridized carbons (Fsp3) is 0.0826. The van der Waals surface area contributed by atoms with Crippen LogP contribution in [0, 0.1) is 112 Å². The molecule has 0 aliphatic carbocycles. The van der Waals surface area contributed by atoms with Gasteiger partial charge in [-0.15, -0.1) is 0 Å². The van der Waals surface area contributed by atoms with Crippen LogP contribution in [0.15, 0.2) is 303 Å². The largest absolute Gasteiger partial charge is 0.618 e. The van der Waals surface area contributed by atoms with Crippen molar-refractivity contribution >= 4 is 183 Å². The molecule has 23 rings (SSSR count). The predicted molar refractivity (Wildman–Crippen MR) is 512 cm³/mol. The van der Waals surface area contributed by atoms with Crippen molar-refractivity contribution in [3.8, 4) is 5.88 Å². The van der Waals surface area contributed by atoms with Gasteiger partial charge in [-0.1, -0.05) is 196 Å². The Morgan fingerprint density at radius 2 is 0.602 bits per heavy atom. The lowest BCUT2D eigenvalue weighted by Crippen LogP contribution is -2.28. The number of aromatic nitrogens is 7. The smallest absolute Gasteiger partial charge is 0.416 e. The summed E-state index contributed by atoms with van der Waals surface area (Å²) in [6.45, 7) is 14.6. The molecular formula is C109H74ClF13N7O2P. The maximum Gasteiger partial charge on any atom is 0.416 e. The Hall–Kier alpha value is -15.1. The number of hydrogen-bond acceptors (Lipinski definition) is 8. The van der Waals surface area contributed by atoms with E-state index in [1.54, 1.807) is 13.2 Å². The van der Waals surface area contributed by atoms with Gasteiger partial charge >= 0.3 is 6.18 Å². The molecule has 15 aromatic carbocycles. The highest BCUT2D eigenvalue weighted by atomic mass is 35.5. The number of ether oxygens (including phenoxy) is 1. The van der Waals surface area contributed by atoms with Crippen LogP contribution < -0.4 is 9.47 Å². The van der Waals surface area contributed by atoms with Crippen LogP contribution >= 0.6 is 19.8 Å². The van der Waals surface area contributed by atoms with Crippen molar-refractivity contribution in [2.24, 2.45) is 0 Å². The Labute approximate surface area is 758 Å². The molecule has 0 spiro atoms. The second-order valence-corrected chi connectivity index (χ2v) is 32.8. The summed E-state index contributed by atoms with van der Waals surface area (Å²) < 4.78 is 178. The molecule has 0 bridgehead atoms. The fourth-order valence-corrected chi connectivity index (χ4v) is 17.7. The summed E-state index contributed by atoms with van der Waals surface area (Å²) in [6, 6.07) is 97.2. The van der Waals surface area contributed by atoms with Crippen LogP contribution in [-0.2, 0) is 6.18 Å². The average molecular weight is 1830 g/mol. The van der Waals surface area contributed by atoms with Crippen LogP contribution in [0.1, 0.15) is 44.5 Å². The van der Waals surface area contributed by atoms with E-state index in [0.29, 0.717) is 16.9 Å². The number of rotatable bonds is 1. The van der Waals surface area contributed by atoms with Gasteiger partial charge < -0.3 is 9.94 Å². The zero-order valence-corrected chi connectivity index (χ0v) is 73.7. The third kappa shape index (κ3) is 18.4. The lowest BCUT2D eigenvalue weighted by atomic mass is 10.0. The van der Waals surface area contributed by atoms with E-state index in [4.69, 9.17) is 16.3 Å². The SMILES string of the molecule is COc1cc(C)c2ccccc2n1.Cc1c2ccccc2[n+]([O-])c2ccccc12.Cc1c2ccccc2nc2cc(C(F)(F)F)ccc12.Cc1c2ccccc2nc2cc(F)ccc12.Cc1c2ccccc2nc2ccc(Cl)cc12.Cc1c2ccccc2nc2ccccc12.Cc1c2ccccc2pc2ccccc12.Fc1c(F)c(F)c2c(F)c3c(F)c(F)c(F)c(F)c3nc2c1F. The number of nitrogens with zero attached hydrogens (tertiary/aromatic N) is 7. The van der Waals surface area contributed by atoms with E-state index in [9.17, 15) is 62.3 Å². The molecule has 24 heteroatoms. The summed E-state index contributed by atoms with van der Waals surface area (Å²) in [7, 11) is 2.97. The summed E-state index contributed by atoms with van der Waals surface area (Å²) in [5.41, 5.74) is 14.0. The van der Waals surface area contributed by atoms with Crippen LogP contribution in [0.4, 0.5) is 57.1 Å². The van der Waals surface area contributed by atoms with Gasteiger partial charge in [0.15, 0.2) is 46.5 Å². The van der Waals surface area contributed by atoms with E-state index in [0.717, 1.165) is 120 Å². The zero-order valence-electron chi connectivity index (χ0n) is 72.1. The minimum absolute atomic E-state index is 0.241. The molecule has 8 heterocycles. The molecule has 0 saturated heterocycles. The molecular weight excluding hydrogens is 1750 g/mol. The van der Waals surface area contributed by atoms with Crippen molar-refractivity contribution in [2.75, 3.05) is 7.11 Å². The first kappa shape index (κ1) is 91.2. The highest BCUT2D eigenvalue weighted by Crippen LogP contribution is 2.40. The first-order valence-electron chi connectivity index (χ1n) is 41.6. The third-order valence-electron chi connectivity index (χ3n) is 23.1. The molecule has 0 unspecified atom stereocenters. The number of benzene rings is 15. The number of fused-ring (bicyclic) bond motifs is 15. The maximum atomic E-state index is 14.1. The van der Waals surface area contributed by atoms with Crippen LogP contribution in [0.2, 0.25) is 5.02 Å². The van der Waals surface area contributed by atoms with E-state index in [-0.39, 0.29) is 5.82 Å². The molecule has 0 fully saturated rings. The van der Waals surface area contributed by atoms with E-state index in [2.05, 4.69) is 162 Å². The second-order valence-electron chi connectivity index (χ2n) is 31.2. The lowest BCUT2D eigenvalue weighted by Gasteiger charge is -2.10. The van der Waals surface area contributed by atoms with Crippen molar-refractivity contribution < 1.29 is 66.5 Å². The maximum absolute atomic E-state index is 14.1. The lowest BCUT2D eigenvalue weighted by molar-refractivity contribution is -0.547. The average Bonchev–Trinajstić information content (AvgIpc) is 0.722. The van der Waals surface area contributed by atoms with Crippen molar-refractivity contribution in [3.05, 3.63) is 416 Å². The van der Waals surface area contributed by atoms with Crippen LogP contribution in [0.5, 0.6) is 5.88 Å². The van der Waals surface area contributed by atoms with Crippen molar-refractivity contribution in [2.45, 2.75) is 54.6 Å². The first-order chi connectivity index (χ1) is 64.0. The van der Waals surface area contributed by atoms with Gasteiger partial charge in [-0.3, -0.25) is 0 Å². The van der Waals surface area contributed by atoms with E-state index in [1.165, 1.54) is 96.8 Å². The quantitative estimate of drug-likeness (QED) is 0.0399. The summed E-state index contributed by atoms with van der Waals surface area (Å²) in [6.07, 6.45) is -4.34. The van der Waals surface area contributed by atoms with Gasteiger partial charge in [-0.25, -0.2) is 73.8 Å². The molecule has 660 valence electrons. The van der Waals surface area contributed by atoms with Crippen molar-refractivity contribution in [1.29, 1.82) is 0 Å². The van der Waals surface area contributed by atoms with Crippen LogP contribution in [-0.4, -0.2) is 37.0 Å². The Kier molecular flexibility index (Phi) is 26.4. The molecule has 0 N–H and O–H groups in total. The van der Waals surface area contributed by atoms with Gasteiger partial charge in [-0.2, -0.15) is 17.9 Å². The third-order valence-corrected chi connectivity index (χ3v) is 24.6. The molecule has 0 amide bonds. The molecule has 23 aromatic rings. The number of para-hydroxylation sites is 8. The summed E-state index contributed by atoms with van der Waals surface area (Å²) in [5, 5.41) is 27.1. The van der Waals surface area contributed by atoms with Gasteiger partial charge in [0.2, 0.25) is 16.9 Å². The first-order valence-corrected chi connectivity index (χ1v) is 42.9. The van der Waals surface area contributed by atoms with Gasteiger partial charge in [-0.05, 0) is 201 Å². The molecule has 0 aliphatic rings. The van der Waals surface area contributed by atoms with Gasteiger partial charge in [0, 0.05) is 88.0 Å². The van der Waals surface area contributed by atoms with Gasteiger partial charge in [0.25, 0.3) is 0 Å². The molecule has 0 saturated carbocycles. The summed E-state index contributed by atoms with van der Waals surface area (Å²) in [5.74, 6) is -20.3. The number of hydrogen-bond donors (Lipinski definition) is 0. The molecule has 133 heavy (non-hydrogen) atoms. The minimum atomic E-state index is -4.34. The van der Waals surface area contributed by atoms with Gasteiger partial charge in [0.1, 0.15) is 22.7 Å². The zero-order chi connectivity index (χ0) is 94.0. The monoisotopic (exact) mass is 1830 g/mol. The molecule has 0 radical (unpaired) electrons. The predicted octanol–water partition coefficient (Wildman–Crippen LogP) is 31.6. The summed E-state index contributed by atoms with van der Waals surface area (Å²) >= 11 is 6.01. The number of halogens is 14. The Balaban J connectivity index is 0.000000111. The van der Waals surface area contributed by atoms with E-state index in [1.807, 2.05) is 184 Å². The summed E-state index contributed by atoms with van der Waals surface area (Å²) in [4.78, 5) is 25.2. The topological polar surface area (TPSA) is 114 Å². The van der Waals surface area contributed by atoms with E-state index >= 15 is 0 Å². The van der Waals surface area contributed by atoms with Crippen molar-refractivity contribution in [3.63, 3.8) is 0 Å². The minimum Gasteiger partial charge on any atom is -0.618 e. The highest BCUT2D eigenvalue weighted by Gasteiger charge is 2.33. The van der Waals surface area contributed by atoms with Gasteiger partial charge in [0.05, 0.1) is 83.9 Å². The standard InChI is InChI=1S/C15H10F3N.C14H10ClN.C14H10FN.C14H11NO.C14H11N.C14H11P.C13F9N.C11H11NO/c1-9-11-4-2-3-5-13(11)19-14-8-10(15(16,17)18)6-7-12(9)14;1-9-11-4-2-3-5-13(11)16-14-7-6-10(15)8-12(9)14;1-9-11-4-2-3-5-13(11)16-14-8-10(15)6-7-12(9)14;1-10-11-6-2-4-8-13(11)15(16)14-9-5-3-7-12(10)14;2*1-10-11-6-2-4-8-13(11)15-14-9-5-3-7-12(10)14;14-3-1-4(15)6(17)8(19)10(21)12(1)23-13-2(3)5(16)7(18)9(20)11(13)22;1-8-7-11(13-2)12-10-6-4-3-5-9(8)10/h2-8H,1H3;2*2-8H,1H3;2-9H,1H3;2*2-9H,1H3;;3-7H,1-2H3. The number of alkyl halides is 3. The molecule has 0 atom stereocenters. The number of pyridine rings is 7.